The van der Waals surface area contributed by atoms with E-state index in [0.717, 1.165) is 4.90 Å². The Labute approximate surface area is 87.6 Å². The van der Waals surface area contributed by atoms with Gasteiger partial charge >= 0.3 is 12.0 Å². The highest BCUT2D eigenvalue weighted by Crippen LogP contribution is 2.11. The van der Waals surface area contributed by atoms with Crippen molar-refractivity contribution in [1.29, 1.82) is 0 Å². The Kier molecular flexibility index (Phi) is 3.28. The Hall–Kier alpha value is -1.59. The molecule has 6 nitrogen and oxygen atoms in total. The van der Waals surface area contributed by atoms with Crippen LogP contribution >= 0.6 is 0 Å². The summed E-state index contributed by atoms with van der Waals surface area (Å²) >= 11 is 0. The van der Waals surface area contributed by atoms with E-state index in [0.29, 0.717) is 0 Å². The van der Waals surface area contributed by atoms with Crippen LogP contribution in [0.25, 0.3) is 0 Å². The molecule has 0 aromatic rings. The normalized spacial score (nSPS) is 22.6. The summed E-state index contributed by atoms with van der Waals surface area (Å²) in [5.74, 6) is -0.976. The first-order valence-electron chi connectivity index (χ1n) is 4.79. The van der Waals surface area contributed by atoms with E-state index < -0.39 is 30.0 Å². The first kappa shape index (κ1) is 11.5. The van der Waals surface area contributed by atoms with Crippen molar-refractivity contribution < 1.29 is 19.1 Å². The summed E-state index contributed by atoms with van der Waals surface area (Å²) in [7, 11) is 0. The molecule has 1 aliphatic rings. The molecule has 1 aliphatic heterocycles. The number of nitrogens with one attached hydrogen (secondary N) is 1. The Bertz CT molecular complexity index is 302. The summed E-state index contributed by atoms with van der Waals surface area (Å²) in [5, 5.41) is 2.42. The Balaban J connectivity index is 2.75. The average molecular weight is 214 g/mol. The maximum atomic E-state index is 11.5. The minimum Gasteiger partial charge on any atom is -0.464 e. The molecule has 2 unspecified atom stereocenters. The highest BCUT2D eigenvalue weighted by atomic mass is 16.5. The van der Waals surface area contributed by atoms with Gasteiger partial charge in [0.15, 0.2) is 0 Å². The maximum Gasteiger partial charge on any atom is 0.329 e. The molecule has 0 radical (unpaired) electrons. The van der Waals surface area contributed by atoms with E-state index in [-0.39, 0.29) is 6.61 Å². The van der Waals surface area contributed by atoms with Crippen LogP contribution in [0, 0.1) is 0 Å². The highest BCUT2D eigenvalue weighted by molar-refractivity contribution is 6.06. The number of ether oxygens (including phenoxy) is 1. The predicted octanol–water partition coefficient (Wildman–Crippen LogP) is -0.122. The van der Waals surface area contributed by atoms with E-state index in [4.69, 9.17) is 4.74 Å². The number of hydrogen-bond acceptors (Lipinski definition) is 4. The lowest BCUT2D eigenvalue weighted by atomic mass is 10.2. The maximum absolute atomic E-state index is 11.5. The van der Waals surface area contributed by atoms with E-state index in [2.05, 4.69) is 5.32 Å². The van der Waals surface area contributed by atoms with Gasteiger partial charge in [0.2, 0.25) is 0 Å². The van der Waals surface area contributed by atoms with Crippen LogP contribution in [0.1, 0.15) is 20.8 Å². The smallest absolute Gasteiger partial charge is 0.329 e. The number of carbonyl (C=O) groups excluding carboxylic acids is 3. The summed E-state index contributed by atoms with van der Waals surface area (Å²) in [6, 6.07) is -2.00. The third kappa shape index (κ3) is 2.08. The lowest BCUT2D eigenvalue weighted by Crippen LogP contribution is -2.44. The number of imide groups is 1. The predicted molar refractivity (Wildman–Crippen MR) is 50.9 cm³/mol. The van der Waals surface area contributed by atoms with E-state index in [1.807, 2.05) is 0 Å². The Morgan fingerprint density at radius 2 is 2.20 bits per heavy atom. The second-order valence-electron chi connectivity index (χ2n) is 3.31. The zero-order chi connectivity index (χ0) is 11.6. The zero-order valence-electron chi connectivity index (χ0n) is 8.94. The van der Waals surface area contributed by atoms with Crippen molar-refractivity contribution in [2.24, 2.45) is 0 Å². The molecular formula is C9H14N2O4. The van der Waals surface area contributed by atoms with Crippen LogP contribution in [0.5, 0.6) is 0 Å². The first-order chi connectivity index (χ1) is 6.99. The van der Waals surface area contributed by atoms with E-state index >= 15 is 0 Å². The second kappa shape index (κ2) is 4.29. The largest absolute Gasteiger partial charge is 0.464 e. The quantitative estimate of drug-likeness (QED) is 0.525. The van der Waals surface area contributed by atoms with Crippen molar-refractivity contribution in [3.63, 3.8) is 0 Å². The molecule has 0 aliphatic carbocycles. The second-order valence-corrected chi connectivity index (χ2v) is 3.31. The van der Waals surface area contributed by atoms with Gasteiger partial charge in [-0.3, -0.25) is 4.79 Å². The van der Waals surface area contributed by atoms with Crippen LogP contribution in [0.3, 0.4) is 0 Å². The fraction of sp³-hybridized carbons (Fsp3) is 0.667. The van der Waals surface area contributed by atoms with Crippen LogP contribution in [-0.4, -0.2) is 41.5 Å². The van der Waals surface area contributed by atoms with Crippen molar-refractivity contribution in [2.45, 2.75) is 32.9 Å². The molecule has 0 bridgehead atoms. The molecule has 1 saturated heterocycles. The van der Waals surface area contributed by atoms with Gasteiger partial charge in [-0.25, -0.2) is 14.5 Å². The SMILES string of the molecule is CCOC(=O)C(C)N1C(=O)NC(C)C1=O. The molecule has 0 aromatic carbocycles. The monoisotopic (exact) mass is 214 g/mol. The number of esters is 1. The number of rotatable bonds is 3. The minimum atomic E-state index is -0.873. The van der Waals surface area contributed by atoms with E-state index in [1.165, 1.54) is 6.92 Å². The van der Waals surface area contributed by atoms with Crippen LogP contribution < -0.4 is 5.32 Å². The highest BCUT2D eigenvalue weighted by Gasteiger charge is 2.41. The van der Waals surface area contributed by atoms with Crippen molar-refractivity contribution in [2.75, 3.05) is 6.61 Å². The van der Waals surface area contributed by atoms with Crippen molar-refractivity contribution in [3.05, 3.63) is 0 Å². The molecule has 15 heavy (non-hydrogen) atoms. The van der Waals surface area contributed by atoms with Crippen LogP contribution in [0.2, 0.25) is 0 Å². The fourth-order valence-corrected chi connectivity index (χ4v) is 1.36. The number of nitrogens with zero attached hydrogens (tertiary/aromatic N) is 1. The third-order valence-electron chi connectivity index (χ3n) is 2.18. The standard InChI is InChI=1S/C9H14N2O4/c1-4-15-8(13)6(3)11-7(12)5(2)10-9(11)14/h5-6H,4H2,1-3H3,(H,10,14). The van der Waals surface area contributed by atoms with Crippen molar-refractivity contribution in [1.82, 2.24) is 10.2 Å². The Morgan fingerprint density at radius 3 is 2.60 bits per heavy atom. The number of urea groups is 1. The summed E-state index contributed by atoms with van der Waals surface area (Å²) in [6.07, 6.45) is 0. The van der Waals surface area contributed by atoms with Gasteiger partial charge in [0.05, 0.1) is 6.61 Å². The molecule has 1 N–H and O–H groups in total. The zero-order valence-corrected chi connectivity index (χ0v) is 8.94. The fourth-order valence-electron chi connectivity index (χ4n) is 1.36. The van der Waals surface area contributed by atoms with Gasteiger partial charge in [-0.05, 0) is 20.8 Å². The molecule has 6 heteroatoms. The molecule has 0 aromatic heterocycles. The van der Waals surface area contributed by atoms with Crippen molar-refractivity contribution in [3.8, 4) is 0 Å². The molecule has 1 rings (SSSR count). The van der Waals surface area contributed by atoms with E-state index in [1.54, 1.807) is 13.8 Å². The molecule has 0 spiro atoms. The lowest BCUT2D eigenvalue weighted by Gasteiger charge is -2.19. The van der Waals surface area contributed by atoms with Crippen LogP contribution in [-0.2, 0) is 14.3 Å². The number of hydrogen-bond donors (Lipinski definition) is 1. The summed E-state index contributed by atoms with van der Waals surface area (Å²) in [5.41, 5.74) is 0. The minimum absolute atomic E-state index is 0.225. The molecule has 0 saturated carbocycles. The van der Waals surface area contributed by atoms with Crippen molar-refractivity contribution >= 4 is 17.9 Å². The number of amides is 3. The first-order valence-corrected chi connectivity index (χ1v) is 4.79. The van der Waals surface area contributed by atoms with Gasteiger partial charge in [0, 0.05) is 0 Å². The molecule has 1 heterocycles. The molecule has 1 fully saturated rings. The average Bonchev–Trinajstić information content (AvgIpc) is 2.41. The summed E-state index contributed by atoms with van der Waals surface area (Å²) in [6.45, 7) is 4.92. The van der Waals surface area contributed by atoms with Gasteiger partial charge in [-0.2, -0.15) is 0 Å². The van der Waals surface area contributed by atoms with Crippen LogP contribution in [0.15, 0.2) is 0 Å². The van der Waals surface area contributed by atoms with Crippen LogP contribution in [0.4, 0.5) is 4.79 Å². The molecule has 3 amide bonds. The summed E-state index contributed by atoms with van der Waals surface area (Å²) < 4.78 is 4.74. The topological polar surface area (TPSA) is 75.7 Å². The lowest BCUT2D eigenvalue weighted by molar-refractivity contribution is -0.151. The third-order valence-corrected chi connectivity index (χ3v) is 2.18. The Morgan fingerprint density at radius 1 is 1.60 bits per heavy atom. The van der Waals surface area contributed by atoms with Gasteiger partial charge in [0.25, 0.3) is 5.91 Å². The van der Waals surface area contributed by atoms with Gasteiger partial charge in [-0.1, -0.05) is 0 Å². The summed E-state index contributed by atoms with van der Waals surface area (Å²) in [4.78, 5) is 35.1. The molecule has 84 valence electrons. The van der Waals surface area contributed by atoms with Gasteiger partial charge in [-0.15, -0.1) is 0 Å². The molecular weight excluding hydrogens is 200 g/mol. The van der Waals surface area contributed by atoms with Gasteiger partial charge in [0.1, 0.15) is 12.1 Å². The van der Waals surface area contributed by atoms with E-state index in [9.17, 15) is 14.4 Å². The molecule has 2 atom stereocenters. The van der Waals surface area contributed by atoms with Gasteiger partial charge < -0.3 is 10.1 Å². The number of carbonyl (C=O) groups is 3.